The van der Waals surface area contributed by atoms with Crippen LogP contribution >= 0.6 is 0 Å². The second kappa shape index (κ2) is 4.13. The van der Waals surface area contributed by atoms with Crippen molar-refractivity contribution in [1.82, 2.24) is 14.9 Å². The third-order valence-electron chi connectivity index (χ3n) is 4.23. The van der Waals surface area contributed by atoms with Crippen LogP contribution in [0.3, 0.4) is 0 Å². The van der Waals surface area contributed by atoms with Crippen molar-refractivity contribution < 1.29 is 0 Å². The van der Waals surface area contributed by atoms with Crippen LogP contribution in [0, 0.1) is 11.8 Å². The molecule has 2 heterocycles. The Hall–Kier alpha value is -0.830. The van der Waals surface area contributed by atoms with Gasteiger partial charge in [0, 0.05) is 37.7 Å². The van der Waals surface area contributed by atoms with Gasteiger partial charge in [0.15, 0.2) is 0 Å². The highest BCUT2D eigenvalue weighted by atomic mass is 15.1. The van der Waals surface area contributed by atoms with Gasteiger partial charge in [-0.25, -0.2) is 4.98 Å². The summed E-state index contributed by atoms with van der Waals surface area (Å²) in [5.41, 5.74) is 2.81. The highest BCUT2D eigenvalue weighted by Gasteiger charge is 2.34. The van der Waals surface area contributed by atoms with E-state index in [4.69, 9.17) is 4.98 Å². The Labute approximate surface area is 104 Å². The van der Waals surface area contributed by atoms with Crippen molar-refractivity contribution in [1.29, 1.82) is 0 Å². The molecule has 0 spiro atoms. The summed E-state index contributed by atoms with van der Waals surface area (Å²) in [6.45, 7) is 10.2. The van der Waals surface area contributed by atoms with E-state index in [1.54, 1.807) is 0 Å². The summed E-state index contributed by atoms with van der Waals surface area (Å²) in [6.07, 6.45) is 2.55. The minimum Gasteiger partial charge on any atom is -0.331 e. The van der Waals surface area contributed by atoms with Gasteiger partial charge in [-0.3, -0.25) is 0 Å². The maximum atomic E-state index is 4.86. The van der Waals surface area contributed by atoms with E-state index in [0.29, 0.717) is 5.92 Å². The quantitative estimate of drug-likeness (QED) is 0.868. The lowest BCUT2D eigenvalue weighted by atomic mass is 10.1. The molecule has 94 valence electrons. The van der Waals surface area contributed by atoms with Crippen LogP contribution in [0.5, 0.6) is 0 Å². The average molecular weight is 233 g/mol. The van der Waals surface area contributed by atoms with E-state index in [2.05, 4.69) is 30.7 Å². The van der Waals surface area contributed by atoms with Crippen LogP contribution in [0.4, 0.5) is 0 Å². The van der Waals surface area contributed by atoms with E-state index in [9.17, 15) is 0 Å². The smallest absolute Gasteiger partial charge is 0.111 e. The van der Waals surface area contributed by atoms with Crippen molar-refractivity contribution >= 4 is 0 Å². The summed E-state index contributed by atoms with van der Waals surface area (Å²) in [5, 5.41) is 3.42. The van der Waals surface area contributed by atoms with Crippen LogP contribution in [-0.4, -0.2) is 16.1 Å². The molecular formula is C14H23N3. The molecule has 0 amide bonds. The molecular weight excluding hydrogens is 210 g/mol. The first-order valence-corrected chi connectivity index (χ1v) is 6.95. The third-order valence-corrected chi connectivity index (χ3v) is 4.23. The number of aromatic nitrogens is 2. The summed E-state index contributed by atoms with van der Waals surface area (Å²) in [6, 6.07) is 0. The molecule has 0 radical (unpaired) electrons. The van der Waals surface area contributed by atoms with Crippen LogP contribution < -0.4 is 5.32 Å². The Morgan fingerprint density at radius 3 is 2.88 bits per heavy atom. The Kier molecular flexibility index (Phi) is 2.74. The summed E-state index contributed by atoms with van der Waals surface area (Å²) in [4.78, 5) is 4.86. The number of hydrogen-bond donors (Lipinski definition) is 1. The van der Waals surface area contributed by atoms with Gasteiger partial charge in [0.1, 0.15) is 5.82 Å². The molecule has 3 nitrogen and oxygen atoms in total. The van der Waals surface area contributed by atoms with Gasteiger partial charge in [-0.1, -0.05) is 20.8 Å². The summed E-state index contributed by atoms with van der Waals surface area (Å²) in [5.74, 6) is 3.67. The predicted octanol–water partition coefficient (Wildman–Crippen LogP) is 2.31. The Balaban J connectivity index is 1.94. The van der Waals surface area contributed by atoms with E-state index in [-0.39, 0.29) is 0 Å². The fourth-order valence-electron chi connectivity index (χ4n) is 2.92. The number of fused-ring (bicyclic) bond motifs is 1. The van der Waals surface area contributed by atoms with Crippen LogP contribution in [0.2, 0.25) is 0 Å². The molecule has 0 saturated heterocycles. The minimum atomic E-state index is 0.537. The van der Waals surface area contributed by atoms with Crippen molar-refractivity contribution in [3.8, 4) is 0 Å². The Morgan fingerprint density at radius 2 is 2.24 bits per heavy atom. The average Bonchev–Trinajstić information content (AvgIpc) is 2.87. The molecule has 2 unspecified atom stereocenters. The van der Waals surface area contributed by atoms with Gasteiger partial charge < -0.3 is 9.88 Å². The first kappa shape index (κ1) is 11.3. The first-order chi connectivity index (χ1) is 8.16. The van der Waals surface area contributed by atoms with Crippen molar-refractivity contribution in [3.05, 3.63) is 17.2 Å². The van der Waals surface area contributed by atoms with Crippen molar-refractivity contribution in [2.45, 2.75) is 52.6 Å². The van der Waals surface area contributed by atoms with Gasteiger partial charge in [0.2, 0.25) is 0 Å². The SMILES string of the molecule is CC(C)c1nc2c(n1CC1CC1C)CCNC2. The molecule has 1 aromatic heterocycles. The van der Waals surface area contributed by atoms with Crippen molar-refractivity contribution in [2.75, 3.05) is 6.54 Å². The van der Waals surface area contributed by atoms with Crippen LogP contribution in [0.25, 0.3) is 0 Å². The topological polar surface area (TPSA) is 29.9 Å². The van der Waals surface area contributed by atoms with E-state index >= 15 is 0 Å². The molecule has 1 aliphatic heterocycles. The predicted molar refractivity (Wildman–Crippen MR) is 69.0 cm³/mol. The lowest BCUT2D eigenvalue weighted by Gasteiger charge is -2.17. The van der Waals surface area contributed by atoms with E-state index in [1.165, 1.54) is 30.2 Å². The number of imidazole rings is 1. The third kappa shape index (κ3) is 2.01. The first-order valence-electron chi connectivity index (χ1n) is 6.95. The number of nitrogens with zero attached hydrogens (tertiary/aromatic N) is 2. The molecule has 0 bridgehead atoms. The number of rotatable bonds is 3. The molecule has 2 aliphatic rings. The Morgan fingerprint density at radius 1 is 1.47 bits per heavy atom. The van der Waals surface area contributed by atoms with Gasteiger partial charge in [0.05, 0.1) is 5.69 Å². The Bertz CT molecular complexity index is 419. The van der Waals surface area contributed by atoms with Crippen molar-refractivity contribution in [3.63, 3.8) is 0 Å². The molecule has 1 saturated carbocycles. The van der Waals surface area contributed by atoms with Crippen LogP contribution in [-0.2, 0) is 19.5 Å². The highest BCUT2D eigenvalue weighted by Crippen LogP contribution is 2.40. The van der Waals surface area contributed by atoms with Crippen LogP contribution in [0.15, 0.2) is 0 Å². The van der Waals surface area contributed by atoms with Gasteiger partial charge in [-0.05, 0) is 18.3 Å². The number of nitrogens with one attached hydrogen (secondary N) is 1. The summed E-state index contributed by atoms with van der Waals surface area (Å²) >= 11 is 0. The van der Waals surface area contributed by atoms with Crippen molar-refractivity contribution in [2.24, 2.45) is 11.8 Å². The normalized spacial score (nSPS) is 27.3. The standard InChI is InChI=1S/C14H23N3/c1-9(2)14-16-12-7-15-5-4-13(12)17(14)8-11-6-10(11)3/h9-11,15H,4-8H2,1-3H3. The molecule has 1 fully saturated rings. The van der Waals surface area contributed by atoms with E-state index in [1.807, 2.05) is 0 Å². The molecule has 3 rings (SSSR count). The fourth-order valence-corrected chi connectivity index (χ4v) is 2.92. The largest absolute Gasteiger partial charge is 0.331 e. The molecule has 3 heteroatoms. The van der Waals surface area contributed by atoms with Gasteiger partial charge in [0.25, 0.3) is 0 Å². The minimum absolute atomic E-state index is 0.537. The van der Waals surface area contributed by atoms with Gasteiger partial charge in [-0.2, -0.15) is 0 Å². The second-order valence-electron chi connectivity index (χ2n) is 6.03. The molecule has 1 N–H and O–H groups in total. The monoisotopic (exact) mass is 233 g/mol. The lowest BCUT2D eigenvalue weighted by Crippen LogP contribution is -2.25. The maximum absolute atomic E-state index is 4.86. The molecule has 1 aliphatic carbocycles. The number of hydrogen-bond acceptors (Lipinski definition) is 2. The second-order valence-corrected chi connectivity index (χ2v) is 6.03. The molecule has 0 aromatic carbocycles. The summed E-state index contributed by atoms with van der Waals surface area (Å²) < 4.78 is 2.54. The van der Waals surface area contributed by atoms with E-state index in [0.717, 1.165) is 31.3 Å². The van der Waals surface area contributed by atoms with Gasteiger partial charge >= 0.3 is 0 Å². The highest BCUT2D eigenvalue weighted by molar-refractivity contribution is 5.22. The molecule has 1 aromatic rings. The zero-order valence-corrected chi connectivity index (χ0v) is 11.2. The summed E-state index contributed by atoms with van der Waals surface area (Å²) in [7, 11) is 0. The lowest BCUT2D eigenvalue weighted by molar-refractivity contribution is 0.523. The zero-order valence-electron chi connectivity index (χ0n) is 11.2. The zero-order chi connectivity index (χ0) is 12.0. The van der Waals surface area contributed by atoms with E-state index < -0.39 is 0 Å². The fraction of sp³-hybridized carbons (Fsp3) is 0.786. The molecule has 17 heavy (non-hydrogen) atoms. The molecule has 2 atom stereocenters. The van der Waals surface area contributed by atoms with Gasteiger partial charge in [-0.15, -0.1) is 0 Å². The maximum Gasteiger partial charge on any atom is 0.111 e. The van der Waals surface area contributed by atoms with Crippen LogP contribution in [0.1, 0.15) is 50.3 Å².